The molecule has 0 saturated carbocycles. The van der Waals surface area contributed by atoms with E-state index in [0.29, 0.717) is 14.8 Å². The minimum absolute atomic E-state index is 0.0142. The summed E-state index contributed by atoms with van der Waals surface area (Å²) in [6.07, 6.45) is 1.94. The van der Waals surface area contributed by atoms with E-state index in [-0.39, 0.29) is 5.41 Å². The molecule has 0 atom stereocenters. The van der Waals surface area contributed by atoms with Gasteiger partial charge in [-0.15, -0.1) is 0 Å². The molecule has 5 heteroatoms. The molecule has 1 N–H and O–H groups in total. The van der Waals surface area contributed by atoms with Crippen LogP contribution in [0.25, 0.3) is 5.69 Å². The quantitative estimate of drug-likeness (QED) is 0.723. The van der Waals surface area contributed by atoms with E-state index in [9.17, 15) is 0 Å². The van der Waals surface area contributed by atoms with Crippen LogP contribution in [0.3, 0.4) is 0 Å². The number of nitrogens with zero attached hydrogens (tertiary/aromatic N) is 1. The average Bonchev–Trinajstić information content (AvgIpc) is 2.64. The predicted molar refractivity (Wildman–Crippen MR) is 79.7 cm³/mol. The first kappa shape index (κ1) is 13.7. The monoisotopic (exact) mass is 300 g/mol. The van der Waals surface area contributed by atoms with Crippen molar-refractivity contribution in [3.8, 4) is 5.69 Å². The summed E-state index contributed by atoms with van der Waals surface area (Å²) in [5, 5.41) is 1.07. The Morgan fingerprint density at radius 1 is 1.17 bits per heavy atom. The second-order valence-electron chi connectivity index (χ2n) is 5.16. The van der Waals surface area contributed by atoms with Crippen LogP contribution in [-0.4, -0.2) is 9.55 Å². The smallest absolute Gasteiger partial charge is 0.182 e. The van der Waals surface area contributed by atoms with Gasteiger partial charge in [-0.25, -0.2) is 0 Å². The van der Waals surface area contributed by atoms with E-state index < -0.39 is 0 Å². The minimum Gasteiger partial charge on any atom is -0.337 e. The molecule has 0 saturated heterocycles. The molecule has 0 spiro atoms. The average molecular weight is 301 g/mol. The molecule has 1 aromatic heterocycles. The van der Waals surface area contributed by atoms with Crippen LogP contribution >= 0.6 is 35.4 Å². The molecule has 1 heterocycles. The number of benzene rings is 1. The minimum atomic E-state index is -0.0142. The fourth-order valence-corrected chi connectivity index (χ4v) is 2.36. The summed E-state index contributed by atoms with van der Waals surface area (Å²) in [6, 6.07) is 5.51. The van der Waals surface area contributed by atoms with Crippen LogP contribution in [0.1, 0.15) is 26.5 Å². The van der Waals surface area contributed by atoms with Gasteiger partial charge < -0.3 is 4.98 Å². The van der Waals surface area contributed by atoms with Gasteiger partial charge in [0.1, 0.15) is 0 Å². The van der Waals surface area contributed by atoms with Crippen molar-refractivity contribution in [3.05, 3.63) is 44.9 Å². The standard InChI is InChI=1S/C13H14Cl2N2S/c1-13(2,3)11-7-16-12(18)17(11)8-4-5-9(14)10(15)6-8/h4-7H,1-3H3,(H,16,18). The lowest BCUT2D eigenvalue weighted by Gasteiger charge is -2.21. The van der Waals surface area contributed by atoms with Crippen LogP contribution in [0, 0.1) is 4.77 Å². The molecule has 96 valence electrons. The van der Waals surface area contributed by atoms with Crippen LogP contribution < -0.4 is 0 Å². The third kappa shape index (κ3) is 2.48. The Labute approximate surface area is 122 Å². The topological polar surface area (TPSA) is 20.7 Å². The molecule has 2 nitrogen and oxygen atoms in total. The number of halogens is 2. The zero-order chi connectivity index (χ0) is 13.5. The van der Waals surface area contributed by atoms with Crippen LogP contribution in [0.4, 0.5) is 0 Å². The molecule has 0 unspecified atom stereocenters. The van der Waals surface area contributed by atoms with Crippen LogP contribution in [-0.2, 0) is 5.41 Å². The van der Waals surface area contributed by atoms with Crippen molar-refractivity contribution in [2.75, 3.05) is 0 Å². The van der Waals surface area contributed by atoms with Gasteiger partial charge in [-0.2, -0.15) is 0 Å². The molecule has 0 fully saturated rings. The number of rotatable bonds is 1. The molecular weight excluding hydrogens is 287 g/mol. The summed E-state index contributed by atoms with van der Waals surface area (Å²) in [4.78, 5) is 3.08. The number of aromatic amines is 1. The van der Waals surface area contributed by atoms with Crippen molar-refractivity contribution < 1.29 is 0 Å². The predicted octanol–water partition coefficient (Wildman–Crippen LogP) is 5.14. The van der Waals surface area contributed by atoms with Gasteiger partial charge in [0, 0.05) is 23.0 Å². The highest BCUT2D eigenvalue weighted by Gasteiger charge is 2.20. The van der Waals surface area contributed by atoms with Crippen molar-refractivity contribution in [1.29, 1.82) is 0 Å². The Hall–Kier alpha value is -0.770. The zero-order valence-electron chi connectivity index (χ0n) is 10.4. The summed E-state index contributed by atoms with van der Waals surface area (Å²) >= 11 is 17.3. The van der Waals surface area contributed by atoms with E-state index in [0.717, 1.165) is 11.4 Å². The molecule has 0 radical (unpaired) electrons. The Balaban J connectivity index is 2.67. The third-order valence-corrected chi connectivity index (χ3v) is 3.75. The summed E-state index contributed by atoms with van der Waals surface area (Å²) in [7, 11) is 0. The van der Waals surface area contributed by atoms with E-state index in [1.54, 1.807) is 6.07 Å². The fourth-order valence-electron chi connectivity index (χ4n) is 1.80. The Bertz CT molecular complexity index is 635. The van der Waals surface area contributed by atoms with E-state index in [1.165, 1.54) is 0 Å². The lowest BCUT2D eigenvalue weighted by Crippen LogP contribution is -2.16. The molecule has 0 aliphatic rings. The maximum Gasteiger partial charge on any atom is 0.182 e. The maximum atomic E-state index is 6.06. The second-order valence-corrected chi connectivity index (χ2v) is 6.36. The molecule has 1 aromatic carbocycles. The summed E-state index contributed by atoms with van der Waals surface area (Å²) in [6.45, 7) is 6.41. The highest BCUT2D eigenvalue weighted by Crippen LogP contribution is 2.29. The molecular formula is C13H14Cl2N2S. The van der Waals surface area contributed by atoms with E-state index in [2.05, 4.69) is 25.8 Å². The van der Waals surface area contributed by atoms with E-state index >= 15 is 0 Å². The molecule has 2 aromatic rings. The SMILES string of the molecule is CC(C)(C)c1c[nH]c(=S)n1-c1ccc(Cl)c(Cl)c1. The number of nitrogens with one attached hydrogen (secondary N) is 1. The Morgan fingerprint density at radius 3 is 2.39 bits per heavy atom. The van der Waals surface area contributed by atoms with Crippen LogP contribution in [0.15, 0.2) is 24.4 Å². The van der Waals surface area contributed by atoms with E-state index in [1.807, 2.05) is 22.9 Å². The molecule has 0 aliphatic carbocycles. The van der Waals surface area contributed by atoms with Gasteiger partial charge in [0.2, 0.25) is 0 Å². The highest BCUT2D eigenvalue weighted by molar-refractivity contribution is 7.71. The molecule has 0 aliphatic heterocycles. The summed E-state index contributed by atoms with van der Waals surface area (Å²) in [5.74, 6) is 0. The lowest BCUT2D eigenvalue weighted by atomic mass is 9.92. The van der Waals surface area contributed by atoms with E-state index in [4.69, 9.17) is 35.4 Å². The van der Waals surface area contributed by atoms with Crippen molar-refractivity contribution in [2.45, 2.75) is 26.2 Å². The van der Waals surface area contributed by atoms with Crippen molar-refractivity contribution in [2.24, 2.45) is 0 Å². The van der Waals surface area contributed by atoms with Gasteiger partial charge in [0.25, 0.3) is 0 Å². The number of hydrogen-bond acceptors (Lipinski definition) is 1. The van der Waals surface area contributed by atoms with Gasteiger partial charge in [-0.05, 0) is 30.4 Å². The highest BCUT2D eigenvalue weighted by atomic mass is 35.5. The number of imidazole rings is 1. The first-order valence-electron chi connectivity index (χ1n) is 5.57. The summed E-state index contributed by atoms with van der Waals surface area (Å²) in [5.41, 5.74) is 2.01. The first-order valence-corrected chi connectivity index (χ1v) is 6.73. The van der Waals surface area contributed by atoms with Crippen LogP contribution in [0.5, 0.6) is 0 Å². The molecule has 0 bridgehead atoms. The zero-order valence-corrected chi connectivity index (χ0v) is 12.7. The van der Waals surface area contributed by atoms with Crippen molar-refractivity contribution in [1.82, 2.24) is 9.55 Å². The Morgan fingerprint density at radius 2 is 1.83 bits per heavy atom. The van der Waals surface area contributed by atoms with Gasteiger partial charge in [-0.3, -0.25) is 4.57 Å². The normalized spacial score (nSPS) is 11.8. The van der Waals surface area contributed by atoms with Crippen LogP contribution in [0.2, 0.25) is 10.0 Å². The number of aromatic nitrogens is 2. The maximum absolute atomic E-state index is 6.06. The lowest BCUT2D eigenvalue weighted by molar-refractivity contribution is 0.556. The Kier molecular flexibility index (Phi) is 3.58. The van der Waals surface area contributed by atoms with Gasteiger partial charge in [-0.1, -0.05) is 44.0 Å². The largest absolute Gasteiger partial charge is 0.337 e. The van der Waals surface area contributed by atoms with Gasteiger partial charge >= 0.3 is 0 Å². The first-order chi connectivity index (χ1) is 8.30. The summed E-state index contributed by atoms with van der Waals surface area (Å²) < 4.78 is 2.63. The fraction of sp³-hybridized carbons (Fsp3) is 0.308. The number of H-pyrrole nitrogens is 1. The van der Waals surface area contributed by atoms with Gasteiger partial charge in [0.15, 0.2) is 4.77 Å². The van der Waals surface area contributed by atoms with Crippen molar-refractivity contribution >= 4 is 35.4 Å². The molecule has 2 rings (SSSR count). The molecule has 0 amide bonds. The van der Waals surface area contributed by atoms with Gasteiger partial charge in [0.05, 0.1) is 10.0 Å². The van der Waals surface area contributed by atoms with Crippen molar-refractivity contribution in [3.63, 3.8) is 0 Å². The second kappa shape index (κ2) is 4.72. The third-order valence-electron chi connectivity index (χ3n) is 2.71. The molecule has 18 heavy (non-hydrogen) atoms. The number of hydrogen-bond donors (Lipinski definition) is 1.